The number of rotatable bonds is 3. The maximum Gasteiger partial charge on any atom is 0.308 e. The zero-order chi connectivity index (χ0) is 12.4. The molecule has 2 rings (SSSR count). The maximum atomic E-state index is 10.9. The predicted octanol–water partition coefficient (Wildman–Crippen LogP) is 1.10. The van der Waals surface area contributed by atoms with Gasteiger partial charge in [-0.2, -0.15) is 0 Å². The van der Waals surface area contributed by atoms with Crippen molar-refractivity contribution >= 4 is 11.7 Å². The van der Waals surface area contributed by atoms with Gasteiger partial charge in [0, 0.05) is 24.8 Å². The Kier molecular flexibility index (Phi) is 3.33. The van der Waals surface area contributed by atoms with E-state index in [1.807, 2.05) is 18.2 Å². The summed E-state index contributed by atoms with van der Waals surface area (Å²) in [5.74, 6) is -1.14. The number of nitrogens with two attached hydrogens (primary N) is 1. The molecule has 0 spiro atoms. The molecule has 1 aromatic carbocycles. The summed E-state index contributed by atoms with van der Waals surface area (Å²) in [7, 11) is 0. The molecule has 0 fully saturated rings. The van der Waals surface area contributed by atoms with Crippen LogP contribution in [0.1, 0.15) is 12.5 Å². The number of nitrogens with zero attached hydrogens (tertiary/aromatic N) is 1. The third-order valence-corrected chi connectivity index (χ3v) is 3.19. The van der Waals surface area contributed by atoms with Crippen LogP contribution in [0.3, 0.4) is 0 Å². The molecule has 4 nitrogen and oxygen atoms in total. The van der Waals surface area contributed by atoms with Gasteiger partial charge in [0.15, 0.2) is 0 Å². The molecule has 0 amide bonds. The Balaban J connectivity index is 2.21. The van der Waals surface area contributed by atoms with Gasteiger partial charge in [0.25, 0.3) is 0 Å². The fraction of sp³-hybridized carbons (Fsp3) is 0.462. The number of hydrogen-bond donors (Lipinski definition) is 2. The number of para-hydroxylation sites is 1. The minimum absolute atomic E-state index is 0.0888. The zero-order valence-electron chi connectivity index (χ0n) is 9.97. The van der Waals surface area contributed by atoms with E-state index in [1.54, 1.807) is 6.92 Å². The molecule has 1 aliphatic rings. The first-order valence-electron chi connectivity index (χ1n) is 5.89. The van der Waals surface area contributed by atoms with Crippen molar-refractivity contribution in [2.45, 2.75) is 19.4 Å². The Morgan fingerprint density at radius 1 is 1.59 bits per heavy atom. The van der Waals surface area contributed by atoms with Gasteiger partial charge in [0.05, 0.1) is 5.92 Å². The van der Waals surface area contributed by atoms with Crippen molar-refractivity contribution in [2.75, 3.05) is 18.0 Å². The van der Waals surface area contributed by atoms with Crippen LogP contribution in [0.5, 0.6) is 0 Å². The molecule has 2 atom stereocenters. The minimum atomic E-state index is -0.762. The lowest BCUT2D eigenvalue weighted by Crippen LogP contribution is -2.45. The standard InChI is InChI=1S/C13H18N2O2/c1-9(13(16)17)7-15-8-11(14)6-10-4-2-3-5-12(10)15/h2-5,9,11H,6-8,14H2,1H3,(H,16,17). The highest BCUT2D eigenvalue weighted by Gasteiger charge is 2.24. The van der Waals surface area contributed by atoms with Gasteiger partial charge in [0.2, 0.25) is 0 Å². The maximum absolute atomic E-state index is 10.9. The molecule has 0 aliphatic carbocycles. The normalized spacial score (nSPS) is 20.8. The first-order chi connectivity index (χ1) is 8.08. The fourth-order valence-electron chi connectivity index (χ4n) is 2.30. The van der Waals surface area contributed by atoms with Crippen LogP contribution in [0.2, 0.25) is 0 Å². The minimum Gasteiger partial charge on any atom is -0.481 e. The molecule has 92 valence electrons. The van der Waals surface area contributed by atoms with Gasteiger partial charge in [-0.3, -0.25) is 4.79 Å². The highest BCUT2D eigenvalue weighted by atomic mass is 16.4. The first-order valence-corrected chi connectivity index (χ1v) is 5.89. The average Bonchev–Trinajstić information content (AvgIpc) is 2.28. The van der Waals surface area contributed by atoms with Gasteiger partial charge in [-0.05, 0) is 18.1 Å². The van der Waals surface area contributed by atoms with Crippen LogP contribution in [0, 0.1) is 5.92 Å². The van der Waals surface area contributed by atoms with Gasteiger partial charge in [-0.25, -0.2) is 0 Å². The number of anilines is 1. The third kappa shape index (κ3) is 2.58. The van der Waals surface area contributed by atoms with Crippen molar-refractivity contribution in [2.24, 2.45) is 11.7 Å². The summed E-state index contributed by atoms with van der Waals surface area (Å²) in [4.78, 5) is 13.0. The van der Waals surface area contributed by atoms with Gasteiger partial charge in [-0.1, -0.05) is 25.1 Å². The monoisotopic (exact) mass is 234 g/mol. The van der Waals surface area contributed by atoms with E-state index in [0.29, 0.717) is 6.54 Å². The lowest BCUT2D eigenvalue weighted by atomic mass is 9.97. The summed E-state index contributed by atoms with van der Waals surface area (Å²) in [5.41, 5.74) is 8.34. The van der Waals surface area contributed by atoms with E-state index < -0.39 is 5.97 Å². The topological polar surface area (TPSA) is 66.6 Å². The molecule has 4 heteroatoms. The first kappa shape index (κ1) is 11.9. The fourth-order valence-corrected chi connectivity index (χ4v) is 2.30. The van der Waals surface area contributed by atoms with E-state index in [-0.39, 0.29) is 12.0 Å². The number of carboxylic acids is 1. The molecule has 0 saturated heterocycles. The molecule has 0 radical (unpaired) electrons. The number of fused-ring (bicyclic) bond motifs is 1. The highest BCUT2D eigenvalue weighted by molar-refractivity contribution is 5.71. The van der Waals surface area contributed by atoms with Gasteiger partial charge < -0.3 is 15.7 Å². The number of hydrogen-bond acceptors (Lipinski definition) is 3. The molecule has 1 heterocycles. The molecule has 0 aromatic heterocycles. The number of aliphatic carboxylic acids is 1. The molecule has 0 bridgehead atoms. The lowest BCUT2D eigenvalue weighted by molar-refractivity contribution is -0.140. The predicted molar refractivity (Wildman–Crippen MR) is 67.1 cm³/mol. The largest absolute Gasteiger partial charge is 0.481 e. The molecule has 1 aliphatic heterocycles. The Bertz CT molecular complexity index is 420. The molecular formula is C13H18N2O2. The average molecular weight is 234 g/mol. The van der Waals surface area contributed by atoms with E-state index in [2.05, 4.69) is 11.0 Å². The molecule has 17 heavy (non-hydrogen) atoms. The summed E-state index contributed by atoms with van der Waals surface area (Å²) in [6.07, 6.45) is 0.869. The number of carboxylic acid groups (broad SMARTS) is 1. The van der Waals surface area contributed by atoms with Crippen LogP contribution in [-0.2, 0) is 11.2 Å². The van der Waals surface area contributed by atoms with Crippen LogP contribution in [0.4, 0.5) is 5.69 Å². The van der Waals surface area contributed by atoms with Crippen molar-refractivity contribution in [3.8, 4) is 0 Å². The second-order valence-corrected chi connectivity index (χ2v) is 4.74. The molecule has 0 saturated carbocycles. The van der Waals surface area contributed by atoms with Crippen LogP contribution in [0.15, 0.2) is 24.3 Å². The van der Waals surface area contributed by atoms with E-state index in [9.17, 15) is 4.79 Å². The van der Waals surface area contributed by atoms with E-state index in [0.717, 1.165) is 18.7 Å². The molecular weight excluding hydrogens is 216 g/mol. The van der Waals surface area contributed by atoms with E-state index >= 15 is 0 Å². The Morgan fingerprint density at radius 3 is 3.00 bits per heavy atom. The molecule has 3 N–H and O–H groups in total. The van der Waals surface area contributed by atoms with E-state index in [4.69, 9.17) is 10.8 Å². The SMILES string of the molecule is CC(CN1CC(N)Cc2ccccc21)C(=O)O. The molecule has 1 aromatic rings. The van der Waals surface area contributed by atoms with Crippen molar-refractivity contribution in [1.82, 2.24) is 0 Å². The molecule has 2 unspecified atom stereocenters. The number of benzene rings is 1. The van der Waals surface area contributed by atoms with Gasteiger partial charge in [0.1, 0.15) is 0 Å². The van der Waals surface area contributed by atoms with Crippen molar-refractivity contribution in [3.05, 3.63) is 29.8 Å². The summed E-state index contributed by atoms with van der Waals surface area (Å²) < 4.78 is 0. The van der Waals surface area contributed by atoms with Crippen LogP contribution in [-0.4, -0.2) is 30.2 Å². The van der Waals surface area contributed by atoms with E-state index in [1.165, 1.54) is 5.56 Å². The quantitative estimate of drug-likeness (QED) is 0.821. The highest BCUT2D eigenvalue weighted by Crippen LogP contribution is 2.26. The van der Waals surface area contributed by atoms with Crippen molar-refractivity contribution in [3.63, 3.8) is 0 Å². The number of carbonyl (C=O) groups is 1. The smallest absolute Gasteiger partial charge is 0.308 e. The summed E-state index contributed by atoms with van der Waals surface area (Å²) in [6.45, 7) is 2.97. The van der Waals surface area contributed by atoms with Gasteiger partial charge >= 0.3 is 5.97 Å². The Morgan fingerprint density at radius 2 is 2.29 bits per heavy atom. The van der Waals surface area contributed by atoms with Crippen LogP contribution < -0.4 is 10.6 Å². The van der Waals surface area contributed by atoms with Gasteiger partial charge in [-0.15, -0.1) is 0 Å². The van der Waals surface area contributed by atoms with Crippen LogP contribution >= 0.6 is 0 Å². The van der Waals surface area contributed by atoms with Crippen molar-refractivity contribution < 1.29 is 9.90 Å². The third-order valence-electron chi connectivity index (χ3n) is 3.19. The van der Waals surface area contributed by atoms with Crippen LogP contribution in [0.25, 0.3) is 0 Å². The Hall–Kier alpha value is -1.55. The summed E-state index contributed by atoms with van der Waals surface area (Å²) in [5, 5.41) is 8.97. The van der Waals surface area contributed by atoms with Crippen molar-refractivity contribution in [1.29, 1.82) is 0 Å². The second-order valence-electron chi connectivity index (χ2n) is 4.74. The second kappa shape index (κ2) is 4.75. The Labute approximate surface area is 101 Å². The summed E-state index contributed by atoms with van der Waals surface area (Å²) >= 11 is 0. The zero-order valence-corrected chi connectivity index (χ0v) is 9.97. The summed E-state index contributed by atoms with van der Waals surface area (Å²) in [6, 6.07) is 8.16. The lowest BCUT2D eigenvalue weighted by Gasteiger charge is -2.35.